The standard InChI is InChI=1S/C16H22N3O/c1-12(2)13-6-8-14(9-7-13)17-15(20-5)16-18(3)10-11-19(16)4/h6-12H,1-5H3/q+1. The van der Waals surface area contributed by atoms with Gasteiger partial charge in [0.1, 0.15) is 12.4 Å². The third kappa shape index (κ3) is 2.90. The molecule has 106 valence electrons. The van der Waals surface area contributed by atoms with Crippen LogP contribution in [0.1, 0.15) is 31.2 Å². The predicted molar refractivity (Wildman–Crippen MR) is 80.3 cm³/mol. The molecule has 4 heteroatoms. The molecule has 0 saturated heterocycles. The molecule has 0 aliphatic rings. The van der Waals surface area contributed by atoms with E-state index < -0.39 is 0 Å². The van der Waals surface area contributed by atoms with Gasteiger partial charge >= 0.3 is 11.7 Å². The minimum Gasteiger partial charge on any atom is -0.475 e. The van der Waals surface area contributed by atoms with Gasteiger partial charge in [0.25, 0.3) is 0 Å². The molecule has 0 fully saturated rings. The van der Waals surface area contributed by atoms with E-state index in [0.29, 0.717) is 11.8 Å². The lowest BCUT2D eigenvalue weighted by atomic mass is 10.0. The maximum Gasteiger partial charge on any atom is 0.344 e. The van der Waals surface area contributed by atoms with E-state index in [0.717, 1.165) is 11.5 Å². The summed E-state index contributed by atoms with van der Waals surface area (Å²) in [4.78, 5) is 4.59. The number of aryl methyl sites for hydroxylation is 2. The molecule has 0 aliphatic carbocycles. The van der Waals surface area contributed by atoms with Gasteiger partial charge in [0.05, 0.1) is 26.9 Å². The Morgan fingerprint density at radius 1 is 1.25 bits per heavy atom. The average Bonchev–Trinajstić information content (AvgIpc) is 2.76. The highest BCUT2D eigenvalue weighted by Crippen LogP contribution is 2.19. The van der Waals surface area contributed by atoms with E-state index in [4.69, 9.17) is 4.74 Å². The normalized spacial score (nSPS) is 12.0. The fraction of sp³-hybridized carbons (Fsp3) is 0.375. The first kappa shape index (κ1) is 14.3. The topological polar surface area (TPSA) is 30.4 Å². The summed E-state index contributed by atoms with van der Waals surface area (Å²) in [6.07, 6.45) is 3.96. The van der Waals surface area contributed by atoms with Crippen molar-refractivity contribution < 1.29 is 9.30 Å². The van der Waals surface area contributed by atoms with Crippen LogP contribution in [0.25, 0.3) is 0 Å². The number of hydrogen-bond donors (Lipinski definition) is 0. The maximum atomic E-state index is 5.45. The fourth-order valence-corrected chi connectivity index (χ4v) is 2.13. The number of aromatic nitrogens is 2. The number of ether oxygens (including phenoxy) is 1. The van der Waals surface area contributed by atoms with Gasteiger partial charge in [-0.2, -0.15) is 0 Å². The summed E-state index contributed by atoms with van der Waals surface area (Å²) in [5, 5.41) is 0. The molecule has 0 bridgehead atoms. The first-order valence-electron chi connectivity index (χ1n) is 6.77. The number of rotatable bonds is 3. The van der Waals surface area contributed by atoms with Crippen LogP contribution >= 0.6 is 0 Å². The molecule has 0 aliphatic heterocycles. The number of nitrogens with zero attached hydrogens (tertiary/aromatic N) is 3. The summed E-state index contributed by atoms with van der Waals surface area (Å²) in [6, 6.07) is 8.28. The van der Waals surface area contributed by atoms with Crippen LogP contribution in [0.5, 0.6) is 0 Å². The van der Waals surface area contributed by atoms with Crippen LogP contribution in [0.15, 0.2) is 41.7 Å². The van der Waals surface area contributed by atoms with Crippen LogP contribution in [0.3, 0.4) is 0 Å². The molecule has 2 rings (SSSR count). The van der Waals surface area contributed by atoms with Crippen molar-refractivity contribution >= 4 is 11.6 Å². The van der Waals surface area contributed by atoms with Gasteiger partial charge in [-0.25, -0.2) is 14.1 Å². The van der Waals surface area contributed by atoms with Crippen LogP contribution < -0.4 is 4.57 Å². The summed E-state index contributed by atoms with van der Waals surface area (Å²) >= 11 is 0. The maximum absolute atomic E-state index is 5.45. The van der Waals surface area contributed by atoms with Gasteiger partial charge in [0.15, 0.2) is 0 Å². The van der Waals surface area contributed by atoms with Gasteiger partial charge in [-0.05, 0) is 23.6 Å². The third-order valence-electron chi connectivity index (χ3n) is 3.36. The van der Waals surface area contributed by atoms with Gasteiger partial charge in [0.2, 0.25) is 0 Å². The van der Waals surface area contributed by atoms with Crippen LogP contribution in [-0.4, -0.2) is 17.6 Å². The van der Waals surface area contributed by atoms with E-state index in [1.54, 1.807) is 7.11 Å². The largest absolute Gasteiger partial charge is 0.475 e. The van der Waals surface area contributed by atoms with E-state index >= 15 is 0 Å². The number of methoxy groups -OCH3 is 1. The van der Waals surface area contributed by atoms with Gasteiger partial charge in [-0.3, -0.25) is 0 Å². The van der Waals surface area contributed by atoms with Crippen molar-refractivity contribution in [1.82, 2.24) is 4.57 Å². The first-order chi connectivity index (χ1) is 9.52. The Balaban J connectivity index is 2.36. The number of hydrogen-bond acceptors (Lipinski definition) is 2. The summed E-state index contributed by atoms with van der Waals surface area (Å²) in [5.74, 6) is 2.07. The molecular weight excluding hydrogens is 250 g/mol. The molecule has 0 radical (unpaired) electrons. The van der Waals surface area contributed by atoms with Crippen LogP contribution in [0, 0.1) is 0 Å². The van der Waals surface area contributed by atoms with Crippen LogP contribution in [0.4, 0.5) is 5.69 Å². The summed E-state index contributed by atoms with van der Waals surface area (Å²) in [5.41, 5.74) is 2.21. The predicted octanol–water partition coefficient (Wildman–Crippen LogP) is 2.70. The highest BCUT2D eigenvalue weighted by Gasteiger charge is 2.20. The second kappa shape index (κ2) is 5.90. The number of imidazole rings is 1. The van der Waals surface area contributed by atoms with Crippen molar-refractivity contribution in [2.75, 3.05) is 7.11 Å². The monoisotopic (exact) mass is 272 g/mol. The Morgan fingerprint density at radius 3 is 2.35 bits per heavy atom. The summed E-state index contributed by atoms with van der Waals surface area (Å²) < 4.78 is 9.43. The molecule has 0 amide bonds. The molecule has 2 aromatic rings. The third-order valence-corrected chi connectivity index (χ3v) is 3.36. The van der Waals surface area contributed by atoms with Crippen molar-refractivity contribution in [3.8, 4) is 0 Å². The van der Waals surface area contributed by atoms with Gasteiger partial charge in [0, 0.05) is 0 Å². The van der Waals surface area contributed by atoms with E-state index in [2.05, 4.69) is 31.0 Å². The SMILES string of the molecule is COC(=Nc1ccc(C(C)C)cc1)c1n(C)cc[n+]1C. The smallest absolute Gasteiger partial charge is 0.344 e. The van der Waals surface area contributed by atoms with Crippen molar-refractivity contribution in [3.05, 3.63) is 48.0 Å². The Kier molecular flexibility index (Phi) is 4.23. The molecule has 20 heavy (non-hydrogen) atoms. The Morgan fingerprint density at radius 2 is 1.90 bits per heavy atom. The van der Waals surface area contributed by atoms with E-state index in [-0.39, 0.29) is 0 Å². The van der Waals surface area contributed by atoms with Crippen molar-refractivity contribution in [1.29, 1.82) is 0 Å². The zero-order valence-electron chi connectivity index (χ0n) is 12.8. The first-order valence-corrected chi connectivity index (χ1v) is 6.77. The van der Waals surface area contributed by atoms with Crippen molar-refractivity contribution in [2.45, 2.75) is 19.8 Å². The molecule has 1 aromatic heterocycles. The number of aliphatic imine (C=N–C) groups is 1. The van der Waals surface area contributed by atoms with Crippen LogP contribution in [0.2, 0.25) is 0 Å². The molecule has 0 unspecified atom stereocenters. The summed E-state index contributed by atoms with van der Waals surface area (Å²) in [6.45, 7) is 4.37. The minimum atomic E-state index is 0.528. The van der Waals surface area contributed by atoms with Crippen molar-refractivity contribution in [3.63, 3.8) is 0 Å². The quantitative estimate of drug-likeness (QED) is 0.480. The number of benzene rings is 1. The minimum absolute atomic E-state index is 0.528. The Hall–Kier alpha value is -2.10. The lowest BCUT2D eigenvalue weighted by Gasteiger charge is -2.06. The summed E-state index contributed by atoms with van der Waals surface area (Å²) in [7, 11) is 5.60. The molecule has 1 aromatic carbocycles. The Labute approximate surface area is 120 Å². The lowest BCUT2D eigenvalue weighted by Crippen LogP contribution is -2.35. The molecule has 0 spiro atoms. The highest BCUT2D eigenvalue weighted by atomic mass is 16.5. The lowest BCUT2D eigenvalue weighted by molar-refractivity contribution is -0.672. The molecule has 4 nitrogen and oxygen atoms in total. The Bertz CT molecular complexity index is 590. The van der Waals surface area contributed by atoms with E-state index in [9.17, 15) is 0 Å². The second-order valence-electron chi connectivity index (χ2n) is 5.21. The van der Waals surface area contributed by atoms with Gasteiger partial charge < -0.3 is 4.74 Å². The molecule has 1 heterocycles. The zero-order valence-corrected chi connectivity index (χ0v) is 12.8. The van der Waals surface area contributed by atoms with E-state index in [1.165, 1.54) is 5.56 Å². The molecular formula is C16H22N3O+. The average molecular weight is 272 g/mol. The molecule has 0 N–H and O–H groups in total. The zero-order chi connectivity index (χ0) is 14.7. The van der Waals surface area contributed by atoms with E-state index in [1.807, 2.05) is 47.8 Å². The second-order valence-corrected chi connectivity index (χ2v) is 5.21. The van der Waals surface area contributed by atoms with Gasteiger partial charge in [-0.15, -0.1) is 0 Å². The molecule has 0 atom stereocenters. The fourth-order valence-electron chi connectivity index (χ4n) is 2.13. The highest BCUT2D eigenvalue weighted by molar-refractivity contribution is 5.91. The van der Waals surface area contributed by atoms with Gasteiger partial charge in [-0.1, -0.05) is 26.0 Å². The van der Waals surface area contributed by atoms with Crippen LogP contribution in [-0.2, 0) is 18.8 Å². The molecule has 0 saturated carbocycles. The van der Waals surface area contributed by atoms with Crippen molar-refractivity contribution in [2.24, 2.45) is 19.1 Å².